The standard InChI is InChI=1S/C26H36N6O3/c1-19-16-20(2)21-4-3-5-23(22(21)17-19)29-30-24-18-25(32-9-13-34-14-10-32)28-26(27-24)35-15-8-31-6-11-33-12-7-31/h16-18H,3-15H2,1-2H3,(H,27,28,30)/b29-23+. The van der Waals surface area contributed by atoms with E-state index in [0.717, 1.165) is 76.7 Å². The van der Waals surface area contributed by atoms with Crippen molar-refractivity contribution in [2.75, 3.05) is 76.1 Å². The molecule has 2 aromatic rings. The molecule has 0 amide bonds. The number of anilines is 2. The smallest absolute Gasteiger partial charge is 0.320 e. The molecule has 0 unspecified atom stereocenters. The van der Waals surface area contributed by atoms with Gasteiger partial charge in [0.1, 0.15) is 12.4 Å². The summed E-state index contributed by atoms with van der Waals surface area (Å²) in [5.74, 6) is 1.48. The molecule has 1 N–H and O–H groups in total. The maximum absolute atomic E-state index is 6.01. The fourth-order valence-electron chi connectivity index (χ4n) is 4.97. The topological polar surface area (TPSA) is 84.3 Å². The molecular formula is C26H36N6O3. The van der Waals surface area contributed by atoms with Crippen LogP contribution in [0.3, 0.4) is 0 Å². The van der Waals surface area contributed by atoms with E-state index in [2.05, 4.69) is 46.2 Å². The Hall–Kier alpha value is -2.75. The largest absolute Gasteiger partial charge is 0.462 e. The van der Waals surface area contributed by atoms with E-state index in [1.165, 1.54) is 22.3 Å². The van der Waals surface area contributed by atoms with E-state index >= 15 is 0 Å². The molecule has 3 heterocycles. The van der Waals surface area contributed by atoms with Crippen LogP contribution < -0.4 is 15.1 Å². The van der Waals surface area contributed by atoms with Crippen LogP contribution in [0.25, 0.3) is 0 Å². The summed E-state index contributed by atoms with van der Waals surface area (Å²) in [6, 6.07) is 6.84. The van der Waals surface area contributed by atoms with Gasteiger partial charge in [0.25, 0.3) is 0 Å². The van der Waals surface area contributed by atoms with Gasteiger partial charge in [-0.3, -0.25) is 10.3 Å². The summed E-state index contributed by atoms with van der Waals surface area (Å²) in [5, 5.41) is 4.81. The highest BCUT2D eigenvalue weighted by Crippen LogP contribution is 2.27. The Bertz CT molecular complexity index is 1050. The molecule has 0 saturated carbocycles. The Balaban J connectivity index is 1.34. The molecule has 2 fully saturated rings. The number of fused-ring (bicyclic) bond motifs is 1. The van der Waals surface area contributed by atoms with Crippen molar-refractivity contribution in [3.63, 3.8) is 0 Å². The number of aryl methyl sites for hydroxylation is 2. The number of hydrogen-bond donors (Lipinski definition) is 1. The highest BCUT2D eigenvalue weighted by atomic mass is 16.5. The molecule has 0 radical (unpaired) electrons. The zero-order chi connectivity index (χ0) is 24.0. The molecular weight excluding hydrogens is 444 g/mol. The summed E-state index contributed by atoms with van der Waals surface area (Å²) < 4.78 is 17.0. The van der Waals surface area contributed by atoms with Crippen molar-refractivity contribution < 1.29 is 14.2 Å². The minimum Gasteiger partial charge on any atom is -0.462 e. The van der Waals surface area contributed by atoms with Gasteiger partial charge in [-0.1, -0.05) is 11.6 Å². The minimum absolute atomic E-state index is 0.376. The van der Waals surface area contributed by atoms with E-state index in [0.29, 0.717) is 31.6 Å². The van der Waals surface area contributed by atoms with Crippen molar-refractivity contribution >= 4 is 17.3 Å². The Labute approximate surface area is 207 Å². The first-order valence-electron chi connectivity index (χ1n) is 12.7. The van der Waals surface area contributed by atoms with E-state index in [4.69, 9.17) is 24.3 Å². The van der Waals surface area contributed by atoms with Gasteiger partial charge in [-0.05, 0) is 50.3 Å². The lowest BCUT2D eigenvalue weighted by Crippen LogP contribution is -2.39. The first-order valence-corrected chi connectivity index (χ1v) is 12.7. The predicted molar refractivity (Wildman–Crippen MR) is 137 cm³/mol. The predicted octanol–water partition coefficient (Wildman–Crippen LogP) is 2.79. The molecule has 5 rings (SSSR count). The maximum Gasteiger partial charge on any atom is 0.320 e. The molecule has 1 aromatic heterocycles. The Morgan fingerprint density at radius 1 is 0.971 bits per heavy atom. The van der Waals surface area contributed by atoms with Crippen LogP contribution in [-0.2, 0) is 15.9 Å². The molecule has 0 atom stereocenters. The van der Waals surface area contributed by atoms with Crippen molar-refractivity contribution in [2.24, 2.45) is 5.10 Å². The van der Waals surface area contributed by atoms with Crippen molar-refractivity contribution in [3.05, 3.63) is 40.5 Å². The number of morpholine rings is 2. The highest BCUT2D eigenvalue weighted by Gasteiger charge is 2.19. The molecule has 9 heteroatoms. The number of benzene rings is 1. The second-order valence-corrected chi connectivity index (χ2v) is 9.43. The zero-order valence-electron chi connectivity index (χ0n) is 20.9. The molecule has 3 aliphatic rings. The number of hydrogen-bond acceptors (Lipinski definition) is 9. The Morgan fingerprint density at radius 2 is 1.74 bits per heavy atom. The fraction of sp³-hybridized carbons (Fsp3) is 0.577. The molecule has 1 aliphatic carbocycles. The lowest BCUT2D eigenvalue weighted by molar-refractivity contribution is 0.0317. The van der Waals surface area contributed by atoms with Gasteiger partial charge in [-0.25, -0.2) is 0 Å². The van der Waals surface area contributed by atoms with Gasteiger partial charge >= 0.3 is 6.01 Å². The van der Waals surface area contributed by atoms with Gasteiger partial charge in [0, 0.05) is 44.4 Å². The molecule has 35 heavy (non-hydrogen) atoms. The van der Waals surface area contributed by atoms with Crippen molar-refractivity contribution in [2.45, 2.75) is 33.1 Å². The number of ether oxygens (including phenoxy) is 3. The molecule has 188 valence electrons. The average Bonchev–Trinajstić information content (AvgIpc) is 2.88. The highest BCUT2D eigenvalue weighted by molar-refractivity contribution is 6.03. The summed E-state index contributed by atoms with van der Waals surface area (Å²) in [6.45, 7) is 12.1. The third kappa shape index (κ3) is 6.09. The van der Waals surface area contributed by atoms with Crippen molar-refractivity contribution in [1.29, 1.82) is 0 Å². The van der Waals surface area contributed by atoms with Crippen LogP contribution in [0.15, 0.2) is 23.3 Å². The third-order valence-electron chi connectivity index (χ3n) is 6.84. The quantitative estimate of drug-likeness (QED) is 0.606. The van der Waals surface area contributed by atoms with E-state index in [1.807, 2.05) is 6.07 Å². The van der Waals surface area contributed by atoms with Crippen LogP contribution in [-0.4, -0.2) is 86.3 Å². The Morgan fingerprint density at radius 3 is 2.54 bits per heavy atom. The molecule has 0 bridgehead atoms. The van der Waals surface area contributed by atoms with E-state index < -0.39 is 0 Å². The number of rotatable bonds is 7. The lowest BCUT2D eigenvalue weighted by Gasteiger charge is -2.28. The number of aromatic nitrogens is 2. The van der Waals surface area contributed by atoms with Gasteiger partial charge in [0.15, 0.2) is 5.82 Å². The summed E-state index contributed by atoms with van der Waals surface area (Å²) in [4.78, 5) is 13.9. The third-order valence-corrected chi connectivity index (χ3v) is 6.84. The summed E-state index contributed by atoms with van der Waals surface area (Å²) >= 11 is 0. The molecule has 2 aliphatic heterocycles. The second kappa shape index (κ2) is 11.3. The molecule has 2 saturated heterocycles. The number of nitrogens with zero attached hydrogens (tertiary/aromatic N) is 5. The van der Waals surface area contributed by atoms with E-state index in [9.17, 15) is 0 Å². The van der Waals surface area contributed by atoms with Crippen LogP contribution in [0, 0.1) is 13.8 Å². The van der Waals surface area contributed by atoms with E-state index in [1.54, 1.807) is 0 Å². The SMILES string of the molecule is Cc1cc(C)c2c(c1)/C(=N/Nc1cc(N3CCOCC3)nc(OCCN3CCOCC3)n1)CCC2. The molecule has 0 spiro atoms. The van der Waals surface area contributed by atoms with Gasteiger partial charge in [0.2, 0.25) is 0 Å². The number of nitrogens with one attached hydrogen (secondary N) is 1. The minimum atomic E-state index is 0.376. The number of hydrazone groups is 1. The lowest BCUT2D eigenvalue weighted by atomic mass is 9.86. The maximum atomic E-state index is 6.01. The van der Waals surface area contributed by atoms with Crippen LogP contribution >= 0.6 is 0 Å². The van der Waals surface area contributed by atoms with Crippen molar-refractivity contribution in [1.82, 2.24) is 14.9 Å². The van der Waals surface area contributed by atoms with Crippen LogP contribution in [0.4, 0.5) is 11.6 Å². The Kier molecular flexibility index (Phi) is 7.75. The molecule has 9 nitrogen and oxygen atoms in total. The first kappa shape index (κ1) is 24.0. The van der Waals surface area contributed by atoms with Crippen LogP contribution in [0.2, 0.25) is 0 Å². The fourth-order valence-corrected chi connectivity index (χ4v) is 4.97. The first-order chi connectivity index (χ1) is 17.2. The van der Waals surface area contributed by atoms with Gasteiger partial charge in [0.05, 0.1) is 32.1 Å². The second-order valence-electron chi connectivity index (χ2n) is 9.43. The average molecular weight is 481 g/mol. The summed E-state index contributed by atoms with van der Waals surface area (Å²) in [5.41, 5.74) is 9.59. The normalized spacial score (nSPS) is 20.1. The van der Waals surface area contributed by atoms with E-state index in [-0.39, 0.29) is 0 Å². The monoisotopic (exact) mass is 480 g/mol. The summed E-state index contributed by atoms with van der Waals surface area (Å²) in [7, 11) is 0. The van der Waals surface area contributed by atoms with Gasteiger partial charge in [-0.15, -0.1) is 0 Å². The molecule has 1 aromatic carbocycles. The van der Waals surface area contributed by atoms with Crippen LogP contribution in [0.5, 0.6) is 6.01 Å². The van der Waals surface area contributed by atoms with Gasteiger partial charge < -0.3 is 19.1 Å². The zero-order valence-corrected chi connectivity index (χ0v) is 20.9. The summed E-state index contributed by atoms with van der Waals surface area (Å²) in [6.07, 6.45) is 3.17. The van der Waals surface area contributed by atoms with Crippen LogP contribution in [0.1, 0.15) is 35.1 Å². The van der Waals surface area contributed by atoms with Crippen molar-refractivity contribution in [3.8, 4) is 6.01 Å². The van der Waals surface area contributed by atoms with Gasteiger partial charge in [-0.2, -0.15) is 15.1 Å².